The molecule has 2 aromatic carbocycles. The number of sulfonamides is 1. The summed E-state index contributed by atoms with van der Waals surface area (Å²) in [5.41, 5.74) is 1.44. The third kappa shape index (κ3) is 4.11. The maximum Gasteiger partial charge on any atom is 0.251 e. The van der Waals surface area contributed by atoms with Crippen molar-refractivity contribution in [3.8, 4) is 0 Å². The van der Waals surface area contributed by atoms with Gasteiger partial charge in [-0.1, -0.05) is 36.4 Å². The molecule has 2 aliphatic rings. The van der Waals surface area contributed by atoms with E-state index in [1.54, 1.807) is 12.1 Å². The Balaban J connectivity index is 1.54. The third-order valence-corrected chi connectivity index (χ3v) is 7.14. The van der Waals surface area contributed by atoms with E-state index >= 15 is 0 Å². The molecule has 1 N–H and O–H groups in total. The van der Waals surface area contributed by atoms with E-state index in [2.05, 4.69) is 5.32 Å². The van der Waals surface area contributed by atoms with Crippen LogP contribution in [0.25, 0.3) is 0 Å². The van der Waals surface area contributed by atoms with Crippen molar-refractivity contribution in [2.75, 3.05) is 26.3 Å². The van der Waals surface area contributed by atoms with Gasteiger partial charge in [-0.25, -0.2) is 8.42 Å². The van der Waals surface area contributed by atoms with E-state index in [1.165, 1.54) is 16.4 Å². The average Bonchev–Trinajstić information content (AvgIpc) is 3.58. The number of amides is 1. The molecule has 1 atom stereocenters. The summed E-state index contributed by atoms with van der Waals surface area (Å²) in [6.45, 7) is 1.44. The van der Waals surface area contributed by atoms with Gasteiger partial charge in [-0.3, -0.25) is 4.79 Å². The van der Waals surface area contributed by atoms with Gasteiger partial charge in [-0.15, -0.1) is 0 Å². The topological polar surface area (TPSA) is 75.7 Å². The van der Waals surface area contributed by atoms with Gasteiger partial charge in [0.2, 0.25) is 10.0 Å². The van der Waals surface area contributed by atoms with E-state index in [0.717, 1.165) is 18.4 Å². The molecule has 1 amide bonds. The summed E-state index contributed by atoms with van der Waals surface area (Å²) in [7, 11) is -3.63. The zero-order valence-electron chi connectivity index (χ0n) is 15.6. The Kier molecular flexibility index (Phi) is 5.48. The summed E-state index contributed by atoms with van der Waals surface area (Å²) in [5.74, 6) is 0.186. The molecule has 1 aliphatic carbocycles. The second kappa shape index (κ2) is 8.03. The van der Waals surface area contributed by atoms with Gasteiger partial charge in [0.15, 0.2) is 0 Å². The van der Waals surface area contributed by atoms with E-state index in [4.69, 9.17) is 4.74 Å². The van der Waals surface area contributed by atoms with Crippen LogP contribution >= 0.6 is 0 Å². The number of rotatable bonds is 6. The van der Waals surface area contributed by atoms with Crippen molar-refractivity contribution in [1.29, 1.82) is 0 Å². The van der Waals surface area contributed by atoms with Crippen LogP contribution in [0.1, 0.15) is 34.8 Å². The predicted molar refractivity (Wildman–Crippen MR) is 105 cm³/mol. The van der Waals surface area contributed by atoms with Gasteiger partial charge in [0.1, 0.15) is 0 Å². The van der Waals surface area contributed by atoms with Crippen molar-refractivity contribution in [3.05, 3.63) is 65.7 Å². The van der Waals surface area contributed by atoms with Crippen LogP contribution < -0.4 is 5.32 Å². The minimum atomic E-state index is -3.63. The van der Waals surface area contributed by atoms with E-state index < -0.39 is 10.0 Å². The second-order valence-corrected chi connectivity index (χ2v) is 9.18. The molecular weight excluding hydrogens is 376 g/mol. The fourth-order valence-corrected chi connectivity index (χ4v) is 4.98. The molecule has 1 heterocycles. The highest BCUT2D eigenvalue weighted by molar-refractivity contribution is 7.89. The number of carbonyl (C=O) groups is 1. The SMILES string of the molecule is O=C(NC(c1ccccc1)C1CC1)c1cccc(S(=O)(=O)N2CCOCC2)c1. The van der Waals surface area contributed by atoms with Gasteiger partial charge in [-0.2, -0.15) is 4.31 Å². The molecule has 148 valence electrons. The van der Waals surface area contributed by atoms with Crippen molar-refractivity contribution in [2.24, 2.45) is 5.92 Å². The number of morpholine rings is 1. The number of hydrogen-bond donors (Lipinski definition) is 1. The number of carbonyl (C=O) groups excluding carboxylic acids is 1. The van der Waals surface area contributed by atoms with Crippen molar-refractivity contribution < 1.29 is 17.9 Å². The summed E-state index contributed by atoms with van der Waals surface area (Å²) in [6, 6.07) is 16.2. The lowest BCUT2D eigenvalue weighted by Crippen LogP contribution is -2.40. The number of ether oxygens (including phenoxy) is 1. The Morgan fingerprint density at radius 2 is 1.75 bits per heavy atom. The van der Waals surface area contributed by atoms with Crippen molar-refractivity contribution in [3.63, 3.8) is 0 Å². The van der Waals surface area contributed by atoms with Crippen LogP contribution in [0.5, 0.6) is 0 Å². The Labute approximate surface area is 165 Å². The molecule has 0 radical (unpaired) electrons. The molecule has 1 saturated carbocycles. The number of nitrogens with zero attached hydrogens (tertiary/aromatic N) is 1. The Hall–Kier alpha value is -2.22. The predicted octanol–water partition coefficient (Wildman–Crippen LogP) is 2.59. The minimum absolute atomic E-state index is 0.0480. The van der Waals surface area contributed by atoms with Crippen molar-refractivity contribution in [1.82, 2.24) is 9.62 Å². The Bertz CT molecular complexity index is 936. The summed E-state index contributed by atoms with van der Waals surface area (Å²) in [6.07, 6.45) is 2.18. The summed E-state index contributed by atoms with van der Waals surface area (Å²) >= 11 is 0. The standard InChI is InChI=1S/C21H24N2O4S/c24-21(22-20(17-9-10-17)16-5-2-1-3-6-16)18-7-4-8-19(15-18)28(25,26)23-11-13-27-14-12-23/h1-8,15,17,20H,9-14H2,(H,22,24). The lowest BCUT2D eigenvalue weighted by Gasteiger charge is -2.26. The summed E-state index contributed by atoms with van der Waals surface area (Å²) < 4.78 is 32.4. The van der Waals surface area contributed by atoms with Gasteiger partial charge < -0.3 is 10.1 Å². The quantitative estimate of drug-likeness (QED) is 0.809. The molecule has 2 aromatic rings. The van der Waals surface area contributed by atoms with Crippen LogP contribution in [0.15, 0.2) is 59.5 Å². The van der Waals surface area contributed by atoms with E-state index in [-0.39, 0.29) is 16.8 Å². The number of hydrogen-bond acceptors (Lipinski definition) is 4. The fourth-order valence-electron chi connectivity index (χ4n) is 3.52. The molecular formula is C21H24N2O4S. The first-order valence-corrected chi connectivity index (χ1v) is 11.0. The lowest BCUT2D eigenvalue weighted by molar-refractivity contribution is 0.0730. The van der Waals surface area contributed by atoms with Gasteiger partial charge in [0.05, 0.1) is 24.2 Å². The zero-order chi connectivity index (χ0) is 19.6. The van der Waals surface area contributed by atoms with Crippen molar-refractivity contribution in [2.45, 2.75) is 23.8 Å². The van der Waals surface area contributed by atoms with Crippen LogP contribution in [0, 0.1) is 5.92 Å². The zero-order valence-corrected chi connectivity index (χ0v) is 16.4. The molecule has 7 heteroatoms. The molecule has 0 bridgehead atoms. The lowest BCUT2D eigenvalue weighted by atomic mass is 10.0. The van der Waals surface area contributed by atoms with Gasteiger partial charge >= 0.3 is 0 Å². The highest BCUT2D eigenvalue weighted by Crippen LogP contribution is 2.41. The highest BCUT2D eigenvalue weighted by atomic mass is 32.2. The molecule has 1 unspecified atom stereocenters. The van der Waals surface area contributed by atoms with Crippen LogP contribution in [0.3, 0.4) is 0 Å². The summed E-state index contributed by atoms with van der Waals surface area (Å²) in [5, 5.41) is 3.10. The first-order valence-electron chi connectivity index (χ1n) is 9.59. The minimum Gasteiger partial charge on any atom is -0.379 e. The maximum absolute atomic E-state index is 12.9. The molecule has 0 aromatic heterocycles. The molecule has 2 fully saturated rings. The van der Waals surface area contributed by atoms with Gasteiger partial charge in [0, 0.05) is 18.7 Å². The molecule has 1 aliphatic heterocycles. The number of benzene rings is 2. The first-order chi connectivity index (χ1) is 13.6. The van der Waals surface area contributed by atoms with E-state index in [9.17, 15) is 13.2 Å². The second-order valence-electron chi connectivity index (χ2n) is 7.24. The molecule has 1 saturated heterocycles. The summed E-state index contributed by atoms with van der Waals surface area (Å²) in [4.78, 5) is 13.0. The smallest absolute Gasteiger partial charge is 0.251 e. The normalized spacial score (nSPS) is 19.1. The number of nitrogens with one attached hydrogen (secondary N) is 1. The van der Waals surface area contributed by atoms with Crippen molar-refractivity contribution >= 4 is 15.9 Å². The van der Waals surface area contributed by atoms with E-state index in [1.807, 2.05) is 30.3 Å². The first kappa shape index (κ1) is 19.1. The average molecular weight is 401 g/mol. The highest BCUT2D eigenvalue weighted by Gasteiger charge is 2.34. The van der Waals surface area contributed by atoms with Crippen LogP contribution in [-0.4, -0.2) is 44.9 Å². The Morgan fingerprint density at radius 3 is 2.43 bits per heavy atom. The fraction of sp³-hybridized carbons (Fsp3) is 0.381. The van der Waals surface area contributed by atoms with E-state index in [0.29, 0.717) is 37.8 Å². The molecule has 4 rings (SSSR count). The van der Waals surface area contributed by atoms with Gasteiger partial charge in [0.25, 0.3) is 5.91 Å². The maximum atomic E-state index is 12.9. The molecule has 28 heavy (non-hydrogen) atoms. The molecule has 6 nitrogen and oxygen atoms in total. The Morgan fingerprint density at radius 1 is 1.04 bits per heavy atom. The third-order valence-electron chi connectivity index (χ3n) is 5.24. The molecule has 0 spiro atoms. The van der Waals surface area contributed by atoms with Gasteiger partial charge in [-0.05, 0) is 42.5 Å². The van der Waals surface area contributed by atoms with Crippen LogP contribution in [-0.2, 0) is 14.8 Å². The monoisotopic (exact) mass is 400 g/mol. The van der Waals surface area contributed by atoms with Crippen LogP contribution in [0.2, 0.25) is 0 Å². The van der Waals surface area contributed by atoms with Crippen LogP contribution in [0.4, 0.5) is 0 Å². The largest absolute Gasteiger partial charge is 0.379 e.